The zero-order chi connectivity index (χ0) is 8.69. The van der Waals surface area contributed by atoms with Crippen molar-refractivity contribution in [2.45, 2.75) is 25.7 Å². The lowest BCUT2D eigenvalue weighted by molar-refractivity contribution is 1.19. The Hall–Kier alpha value is -0.540. The van der Waals surface area contributed by atoms with Gasteiger partial charge in [-0.3, -0.25) is 10.1 Å². The lowest BCUT2D eigenvalue weighted by Gasteiger charge is -1.93. The van der Waals surface area contributed by atoms with Crippen LogP contribution in [0.15, 0.2) is 23.4 Å². The van der Waals surface area contributed by atoms with Gasteiger partial charge in [0.05, 0.1) is 0 Å². The van der Waals surface area contributed by atoms with Gasteiger partial charge in [-0.05, 0) is 30.5 Å². The first-order valence-corrected chi connectivity index (χ1v) is 4.49. The standard InChI is InChI=1S/C6H8N2S.C2H6/c1-5-2-6(9-7)4-8-3-5;1-2/h2-4H,7H2,1H3;1-2H3. The van der Waals surface area contributed by atoms with E-state index in [-0.39, 0.29) is 0 Å². The molecule has 0 aliphatic heterocycles. The van der Waals surface area contributed by atoms with Gasteiger partial charge in [-0.15, -0.1) is 0 Å². The fraction of sp³-hybridized carbons (Fsp3) is 0.375. The maximum absolute atomic E-state index is 5.30. The first-order valence-electron chi connectivity index (χ1n) is 3.61. The molecule has 0 radical (unpaired) electrons. The third-order valence-electron chi connectivity index (χ3n) is 0.986. The van der Waals surface area contributed by atoms with Crippen LogP contribution in [0.3, 0.4) is 0 Å². The van der Waals surface area contributed by atoms with Crippen LogP contribution in [-0.2, 0) is 0 Å². The summed E-state index contributed by atoms with van der Waals surface area (Å²) in [4.78, 5) is 4.96. The van der Waals surface area contributed by atoms with Crippen LogP contribution in [0.2, 0.25) is 0 Å². The van der Waals surface area contributed by atoms with Gasteiger partial charge in [-0.25, -0.2) is 0 Å². The van der Waals surface area contributed by atoms with Crippen molar-refractivity contribution in [3.8, 4) is 0 Å². The molecule has 3 heteroatoms. The summed E-state index contributed by atoms with van der Waals surface area (Å²) in [5.41, 5.74) is 1.14. The number of aryl methyl sites for hydroxylation is 1. The van der Waals surface area contributed by atoms with E-state index in [9.17, 15) is 0 Å². The van der Waals surface area contributed by atoms with Crippen LogP contribution in [0.1, 0.15) is 19.4 Å². The Balaban J connectivity index is 0.000000461. The predicted octanol–water partition coefficient (Wildman–Crippen LogP) is 2.38. The summed E-state index contributed by atoms with van der Waals surface area (Å²) < 4.78 is 0. The van der Waals surface area contributed by atoms with Gasteiger partial charge >= 0.3 is 0 Å². The molecule has 0 saturated carbocycles. The SMILES string of the molecule is CC.Cc1cncc(SN)c1. The smallest absolute Gasteiger partial charge is 0.0417 e. The van der Waals surface area contributed by atoms with Crippen molar-refractivity contribution in [3.05, 3.63) is 24.0 Å². The molecular weight excluding hydrogens is 156 g/mol. The molecule has 0 aliphatic carbocycles. The summed E-state index contributed by atoms with van der Waals surface area (Å²) in [6, 6.07) is 2.00. The quantitative estimate of drug-likeness (QED) is 0.658. The molecule has 0 aromatic carbocycles. The van der Waals surface area contributed by atoms with Crippen LogP contribution in [0.5, 0.6) is 0 Å². The predicted molar refractivity (Wildman–Crippen MR) is 50.4 cm³/mol. The number of hydrogen-bond acceptors (Lipinski definition) is 3. The molecule has 1 rings (SSSR count). The van der Waals surface area contributed by atoms with Gasteiger partial charge in [0, 0.05) is 17.3 Å². The molecule has 0 fully saturated rings. The largest absolute Gasteiger partial charge is 0.274 e. The van der Waals surface area contributed by atoms with Crippen LogP contribution < -0.4 is 5.14 Å². The fourth-order valence-corrected chi connectivity index (χ4v) is 0.967. The van der Waals surface area contributed by atoms with Crippen LogP contribution in [0, 0.1) is 6.92 Å². The molecule has 0 saturated heterocycles. The van der Waals surface area contributed by atoms with Crippen molar-refractivity contribution in [2.75, 3.05) is 0 Å². The molecule has 62 valence electrons. The Kier molecular flexibility index (Phi) is 5.88. The molecule has 0 bridgehead atoms. The number of nitrogens with two attached hydrogens (primary N) is 1. The molecule has 2 nitrogen and oxygen atoms in total. The Morgan fingerprint density at radius 2 is 2.00 bits per heavy atom. The van der Waals surface area contributed by atoms with Crippen LogP contribution in [0.4, 0.5) is 0 Å². The molecule has 11 heavy (non-hydrogen) atoms. The second-order valence-electron chi connectivity index (χ2n) is 1.82. The molecule has 0 aliphatic rings. The minimum atomic E-state index is 1.01. The first-order chi connectivity index (χ1) is 5.33. The van der Waals surface area contributed by atoms with Crippen molar-refractivity contribution in [2.24, 2.45) is 5.14 Å². The van der Waals surface area contributed by atoms with Gasteiger partial charge in [-0.1, -0.05) is 13.8 Å². The van der Waals surface area contributed by atoms with E-state index in [1.165, 1.54) is 11.9 Å². The topological polar surface area (TPSA) is 38.9 Å². The normalized spacial score (nSPS) is 8.36. The van der Waals surface area contributed by atoms with E-state index in [0.717, 1.165) is 10.5 Å². The fourth-order valence-electron chi connectivity index (χ4n) is 0.592. The van der Waals surface area contributed by atoms with Gasteiger partial charge in [-0.2, -0.15) is 0 Å². The van der Waals surface area contributed by atoms with E-state index in [1.807, 2.05) is 26.8 Å². The summed E-state index contributed by atoms with van der Waals surface area (Å²) in [7, 11) is 0. The second-order valence-corrected chi connectivity index (χ2v) is 2.52. The molecule has 1 aromatic heterocycles. The lowest BCUT2D eigenvalue weighted by Crippen LogP contribution is -1.82. The average molecular weight is 170 g/mol. The molecule has 0 amide bonds. The highest BCUT2D eigenvalue weighted by atomic mass is 32.2. The van der Waals surface area contributed by atoms with E-state index in [0.29, 0.717) is 0 Å². The van der Waals surface area contributed by atoms with E-state index >= 15 is 0 Å². The van der Waals surface area contributed by atoms with Crippen molar-refractivity contribution in [1.82, 2.24) is 4.98 Å². The second kappa shape index (κ2) is 6.19. The first kappa shape index (κ1) is 10.5. The van der Waals surface area contributed by atoms with Crippen molar-refractivity contribution in [1.29, 1.82) is 0 Å². The van der Waals surface area contributed by atoms with Gasteiger partial charge in [0.15, 0.2) is 0 Å². The molecule has 0 spiro atoms. The van der Waals surface area contributed by atoms with E-state index < -0.39 is 0 Å². The number of hydrogen-bond donors (Lipinski definition) is 1. The summed E-state index contributed by atoms with van der Waals surface area (Å²) in [6.45, 7) is 5.99. The third kappa shape index (κ3) is 4.01. The Morgan fingerprint density at radius 3 is 2.36 bits per heavy atom. The highest BCUT2D eigenvalue weighted by Gasteiger charge is 1.88. The molecule has 2 N–H and O–H groups in total. The van der Waals surface area contributed by atoms with E-state index in [1.54, 1.807) is 12.4 Å². The number of rotatable bonds is 1. The van der Waals surface area contributed by atoms with E-state index in [2.05, 4.69) is 4.98 Å². The summed E-state index contributed by atoms with van der Waals surface area (Å²) in [5, 5.41) is 5.30. The Labute approximate surface area is 72.4 Å². The van der Waals surface area contributed by atoms with Crippen LogP contribution in [0.25, 0.3) is 0 Å². The number of nitrogens with zero attached hydrogens (tertiary/aromatic N) is 1. The monoisotopic (exact) mass is 170 g/mol. The molecule has 1 aromatic rings. The molecule has 0 unspecified atom stereocenters. The van der Waals surface area contributed by atoms with Crippen molar-refractivity contribution in [3.63, 3.8) is 0 Å². The maximum Gasteiger partial charge on any atom is 0.0417 e. The molecule has 1 heterocycles. The van der Waals surface area contributed by atoms with Gasteiger partial charge in [0.2, 0.25) is 0 Å². The molecular formula is C8H14N2S. The highest BCUT2D eigenvalue weighted by Crippen LogP contribution is 2.09. The van der Waals surface area contributed by atoms with Crippen LogP contribution in [-0.4, -0.2) is 4.98 Å². The van der Waals surface area contributed by atoms with Gasteiger partial charge < -0.3 is 0 Å². The molecule has 0 atom stereocenters. The van der Waals surface area contributed by atoms with Gasteiger partial charge in [0.1, 0.15) is 0 Å². The van der Waals surface area contributed by atoms with E-state index in [4.69, 9.17) is 5.14 Å². The minimum absolute atomic E-state index is 1.01. The average Bonchev–Trinajstić information content (AvgIpc) is 2.08. The minimum Gasteiger partial charge on any atom is -0.274 e. The van der Waals surface area contributed by atoms with Crippen molar-refractivity contribution < 1.29 is 0 Å². The highest BCUT2D eigenvalue weighted by molar-refractivity contribution is 7.97. The number of aromatic nitrogens is 1. The number of pyridine rings is 1. The summed E-state index contributed by atoms with van der Waals surface area (Å²) in [5.74, 6) is 0. The Morgan fingerprint density at radius 1 is 1.36 bits per heavy atom. The zero-order valence-electron chi connectivity index (χ0n) is 7.16. The van der Waals surface area contributed by atoms with Crippen molar-refractivity contribution >= 4 is 11.9 Å². The summed E-state index contributed by atoms with van der Waals surface area (Å²) >= 11 is 1.22. The maximum atomic E-state index is 5.30. The lowest BCUT2D eigenvalue weighted by atomic mass is 10.3. The Bertz CT molecular complexity index is 201. The van der Waals surface area contributed by atoms with Gasteiger partial charge in [0.25, 0.3) is 0 Å². The third-order valence-corrected chi connectivity index (χ3v) is 1.48. The summed E-state index contributed by atoms with van der Waals surface area (Å²) in [6.07, 6.45) is 3.55. The van der Waals surface area contributed by atoms with Crippen LogP contribution >= 0.6 is 11.9 Å². The zero-order valence-corrected chi connectivity index (χ0v) is 7.98.